The molecule has 0 fully saturated rings. The van der Waals surface area contributed by atoms with Gasteiger partial charge in [0.25, 0.3) is 5.91 Å². The minimum atomic E-state index is -1.00. The molecule has 0 aliphatic rings. The summed E-state index contributed by atoms with van der Waals surface area (Å²) in [5.74, 6) is -0.978. The van der Waals surface area contributed by atoms with Crippen molar-refractivity contribution in [3.63, 3.8) is 0 Å². The topological polar surface area (TPSA) is 102 Å². The Balaban J connectivity index is 1.87. The maximum Gasteiger partial charge on any atom is 0.325 e. The number of carbonyl (C=O) groups is 2. The fourth-order valence-electron chi connectivity index (χ4n) is 2.82. The molecule has 0 spiro atoms. The van der Waals surface area contributed by atoms with E-state index < -0.39 is 5.97 Å². The quantitative estimate of drug-likeness (QED) is 0.697. The van der Waals surface area contributed by atoms with Crippen LogP contribution in [0.25, 0.3) is 5.69 Å². The van der Waals surface area contributed by atoms with E-state index in [2.05, 4.69) is 15.5 Å². The van der Waals surface area contributed by atoms with Gasteiger partial charge in [0.15, 0.2) is 5.82 Å². The van der Waals surface area contributed by atoms with Crippen molar-refractivity contribution < 1.29 is 14.7 Å². The molecule has 3 aromatic rings. The van der Waals surface area contributed by atoms with Gasteiger partial charge in [-0.05, 0) is 25.0 Å². The summed E-state index contributed by atoms with van der Waals surface area (Å²) in [6.07, 6.45) is 3.04. The Morgan fingerprint density at radius 3 is 2.52 bits per heavy atom. The van der Waals surface area contributed by atoms with Crippen molar-refractivity contribution in [2.45, 2.75) is 33.2 Å². The van der Waals surface area contributed by atoms with E-state index in [-0.39, 0.29) is 18.4 Å². The van der Waals surface area contributed by atoms with E-state index in [1.807, 2.05) is 45.0 Å². The average molecular weight is 367 g/mol. The zero-order valence-electron chi connectivity index (χ0n) is 15.4. The molecule has 0 unspecified atom stereocenters. The smallest absolute Gasteiger partial charge is 0.325 e. The Kier molecular flexibility index (Phi) is 5.07. The molecule has 0 bridgehead atoms. The minimum absolute atomic E-state index is 0.0686. The number of benzene rings is 1. The van der Waals surface area contributed by atoms with Gasteiger partial charge in [-0.2, -0.15) is 10.2 Å². The summed E-state index contributed by atoms with van der Waals surface area (Å²) in [5.41, 5.74) is 3.28. The van der Waals surface area contributed by atoms with Gasteiger partial charge in [0.05, 0.1) is 23.1 Å². The molecule has 0 atom stereocenters. The zero-order valence-corrected chi connectivity index (χ0v) is 15.4. The summed E-state index contributed by atoms with van der Waals surface area (Å²) in [5, 5.41) is 19.9. The lowest BCUT2D eigenvalue weighted by Crippen LogP contribution is -2.16. The maximum atomic E-state index is 12.7. The third-order valence-electron chi connectivity index (χ3n) is 4.06. The van der Waals surface area contributed by atoms with E-state index in [0.29, 0.717) is 11.4 Å². The molecule has 2 heterocycles. The summed E-state index contributed by atoms with van der Waals surface area (Å²) < 4.78 is 3.01. The van der Waals surface area contributed by atoms with Crippen LogP contribution in [0.15, 0.2) is 42.7 Å². The van der Waals surface area contributed by atoms with Crippen LogP contribution in [0.5, 0.6) is 0 Å². The lowest BCUT2D eigenvalue weighted by atomic mass is 10.0. The third kappa shape index (κ3) is 4.05. The van der Waals surface area contributed by atoms with Crippen molar-refractivity contribution in [1.29, 1.82) is 0 Å². The summed E-state index contributed by atoms with van der Waals surface area (Å²) in [7, 11) is 0. The first-order valence-corrected chi connectivity index (χ1v) is 8.56. The normalized spacial score (nSPS) is 11.0. The van der Waals surface area contributed by atoms with E-state index >= 15 is 0 Å². The fraction of sp³-hybridized carbons (Fsp3) is 0.263. The molecule has 0 saturated heterocycles. The zero-order chi connectivity index (χ0) is 19.6. The van der Waals surface area contributed by atoms with Crippen LogP contribution in [0.2, 0.25) is 0 Å². The Labute approximate surface area is 156 Å². The summed E-state index contributed by atoms with van der Waals surface area (Å²) in [6.45, 7) is 5.75. The number of carboxylic acids is 1. The maximum absolute atomic E-state index is 12.7. The first-order valence-electron chi connectivity index (χ1n) is 8.56. The van der Waals surface area contributed by atoms with Gasteiger partial charge >= 0.3 is 5.97 Å². The van der Waals surface area contributed by atoms with Crippen LogP contribution in [0.1, 0.15) is 41.4 Å². The highest BCUT2D eigenvalue weighted by atomic mass is 16.4. The number of nitrogens with one attached hydrogen (secondary N) is 1. The molecule has 1 amide bonds. The number of aryl methyl sites for hydroxylation is 1. The first-order chi connectivity index (χ1) is 12.8. The first kappa shape index (κ1) is 18.4. The van der Waals surface area contributed by atoms with Gasteiger partial charge in [-0.1, -0.05) is 31.5 Å². The number of aromatic nitrogens is 4. The van der Waals surface area contributed by atoms with Crippen LogP contribution >= 0.6 is 0 Å². The molecule has 3 rings (SSSR count). The van der Waals surface area contributed by atoms with Crippen molar-refractivity contribution >= 4 is 17.7 Å². The Bertz CT molecular complexity index is 970. The third-order valence-corrected chi connectivity index (χ3v) is 4.06. The van der Waals surface area contributed by atoms with Gasteiger partial charge in [0, 0.05) is 12.3 Å². The fourth-order valence-corrected chi connectivity index (χ4v) is 2.82. The second-order valence-corrected chi connectivity index (χ2v) is 6.59. The van der Waals surface area contributed by atoms with Crippen molar-refractivity contribution in [1.82, 2.24) is 19.6 Å². The number of rotatable bonds is 6. The SMILES string of the molecule is Cc1ccc(-n2ncc(C(=O)Nc3ccn(CC(=O)O)n3)c2C(C)C)cc1. The number of anilines is 1. The van der Waals surface area contributed by atoms with Crippen LogP contribution in [0, 0.1) is 6.92 Å². The number of hydrogen-bond donors (Lipinski definition) is 2. The molecule has 0 aliphatic carbocycles. The number of carboxylic acid groups (broad SMARTS) is 1. The highest BCUT2D eigenvalue weighted by Crippen LogP contribution is 2.24. The van der Waals surface area contributed by atoms with E-state index in [9.17, 15) is 9.59 Å². The summed E-state index contributed by atoms with van der Waals surface area (Å²) in [4.78, 5) is 23.5. The second kappa shape index (κ2) is 7.45. The van der Waals surface area contributed by atoms with Crippen LogP contribution in [0.4, 0.5) is 5.82 Å². The molecular weight excluding hydrogens is 346 g/mol. The number of nitrogens with zero attached hydrogens (tertiary/aromatic N) is 4. The Hall–Kier alpha value is -3.42. The average Bonchev–Trinajstić information content (AvgIpc) is 3.22. The van der Waals surface area contributed by atoms with Gasteiger partial charge in [0.1, 0.15) is 6.54 Å². The van der Waals surface area contributed by atoms with Crippen molar-refractivity contribution in [2.75, 3.05) is 5.32 Å². The lowest BCUT2D eigenvalue weighted by Gasteiger charge is -2.13. The second-order valence-electron chi connectivity index (χ2n) is 6.59. The molecule has 140 valence electrons. The van der Waals surface area contributed by atoms with E-state index in [4.69, 9.17) is 5.11 Å². The van der Waals surface area contributed by atoms with Gasteiger partial charge in [-0.25, -0.2) is 4.68 Å². The molecule has 0 saturated carbocycles. The molecule has 27 heavy (non-hydrogen) atoms. The van der Waals surface area contributed by atoms with Crippen LogP contribution in [0.3, 0.4) is 0 Å². The van der Waals surface area contributed by atoms with E-state index in [1.54, 1.807) is 16.9 Å². The minimum Gasteiger partial charge on any atom is -0.480 e. The summed E-state index contributed by atoms with van der Waals surface area (Å²) in [6, 6.07) is 9.47. The molecule has 2 N–H and O–H groups in total. The van der Waals surface area contributed by atoms with Gasteiger partial charge < -0.3 is 10.4 Å². The largest absolute Gasteiger partial charge is 0.480 e. The molecule has 0 radical (unpaired) electrons. The highest BCUT2D eigenvalue weighted by Gasteiger charge is 2.21. The molecule has 2 aromatic heterocycles. The highest BCUT2D eigenvalue weighted by molar-refractivity contribution is 6.04. The molecular formula is C19H21N5O3. The number of hydrogen-bond acceptors (Lipinski definition) is 4. The molecule has 8 nitrogen and oxygen atoms in total. The molecule has 1 aromatic carbocycles. The molecule has 8 heteroatoms. The monoisotopic (exact) mass is 367 g/mol. The number of aliphatic carboxylic acids is 1. The van der Waals surface area contributed by atoms with Gasteiger partial charge in [0.2, 0.25) is 0 Å². The predicted molar refractivity (Wildman–Crippen MR) is 100 cm³/mol. The predicted octanol–water partition coefficient (Wildman–Crippen LogP) is 2.84. The standard InChI is InChI=1S/C19H21N5O3/c1-12(2)18-15(10-20-24(18)14-6-4-13(3)5-7-14)19(27)21-16-8-9-23(22-16)11-17(25)26/h4-10,12H,11H2,1-3H3,(H,25,26)(H,21,22,27). The van der Waals surface area contributed by atoms with Crippen LogP contribution < -0.4 is 5.32 Å². The van der Waals surface area contributed by atoms with Crippen molar-refractivity contribution in [3.8, 4) is 5.69 Å². The molecule has 0 aliphatic heterocycles. The van der Waals surface area contributed by atoms with E-state index in [1.165, 1.54) is 10.9 Å². The Morgan fingerprint density at radius 1 is 1.19 bits per heavy atom. The Morgan fingerprint density at radius 2 is 1.89 bits per heavy atom. The van der Waals surface area contributed by atoms with Gasteiger partial charge in [-0.3, -0.25) is 14.3 Å². The van der Waals surface area contributed by atoms with Crippen LogP contribution in [-0.2, 0) is 11.3 Å². The van der Waals surface area contributed by atoms with Crippen molar-refractivity contribution in [3.05, 3.63) is 59.5 Å². The number of carbonyl (C=O) groups excluding carboxylic acids is 1. The summed E-state index contributed by atoms with van der Waals surface area (Å²) >= 11 is 0. The van der Waals surface area contributed by atoms with Crippen LogP contribution in [-0.4, -0.2) is 36.5 Å². The van der Waals surface area contributed by atoms with Crippen molar-refractivity contribution in [2.24, 2.45) is 0 Å². The van der Waals surface area contributed by atoms with E-state index in [0.717, 1.165) is 16.9 Å². The van der Waals surface area contributed by atoms with Gasteiger partial charge in [-0.15, -0.1) is 0 Å². The number of amides is 1. The lowest BCUT2D eigenvalue weighted by molar-refractivity contribution is -0.137.